The third-order valence-electron chi connectivity index (χ3n) is 10.5. The molecule has 2 spiro atoms. The zero-order valence-corrected chi connectivity index (χ0v) is 20.3. The van der Waals surface area contributed by atoms with Crippen LogP contribution in [0.5, 0.6) is 0 Å². The Morgan fingerprint density at radius 1 is 1.06 bits per heavy atom. The zero-order valence-electron chi connectivity index (χ0n) is 20.3. The zero-order chi connectivity index (χ0) is 22.4. The van der Waals surface area contributed by atoms with Crippen LogP contribution >= 0.6 is 0 Å². The first-order valence-electron chi connectivity index (χ1n) is 13.1. The average Bonchev–Trinajstić information content (AvgIpc) is 3.33. The van der Waals surface area contributed by atoms with Crippen molar-refractivity contribution in [3.63, 3.8) is 0 Å². The van der Waals surface area contributed by atoms with Gasteiger partial charge in [0, 0.05) is 23.8 Å². The van der Waals surface area contributed by atoms with Crippen LogP contribution in [0.4, 0.5) is 0 Å². The van der Waals surface area contributed by atoms with Crippen LogP contribution in [0.3, 0.4) is 0 Å². The van der Waals surface area contributed by atoms with Crippen LogP contribution in [-0.4, -0.2) is 41.2 Å². The molecular formula is C30H36N2O. The molecule has 33 heavy (non-hydrogen) atoms. The Bertz CT molecular complexity index is 1200. The van der Waals surface area contributed by atoms with Crippen molar-refractivity contribution in [3.8, 4) is 0 Å². The normalized spacial score (nSPS) is 41.4. The van der Waals surface area contributed by atoms with Gasteiger partial charge in [-0.2, -0.15) is 0 Å². The van der Waals surface area contributed by atoms with Crippen LogP contribution in [0, 0.1) is 11.3 Å². The van der Waals surface area contributed by atoms with E-state index in [1.54, 1.807) is 5.57 Å². The summed E-state index contributed by atoms with van der Waals surface area (Å²) in [4.78, 5) is 6.81. The molecule has 3 aliphatic carbocycles. The Balaban J connectivity index is 1.28. The van der Waals surface area contributed by atoms with Gasteiger partial charge in [0.1, 0.15) is 0 Å². The molecule has 3 heteroatoms. The molecule has 1 aromatic carbocycles. The summed E-state index contributed by atoms with van der Waals surface area (Å²) >= 11 is 0. The number of benzene rings is 1. The van der Waals surface area contributed by atoms with Crippen molar-refractivity contribution in [1.29, 1.82) is 0 Å². The highest BCUT2D eigenvalue weighted by Crippen LogP contribution is 2.69. The van der Waals surface area contributed by atoms with Gasteiger partial charge in [0.05, 0.1) is 11.2 Å². The second-order valence-electron chi connectivity index (χ2n) is 12.0. The van der Waals surface area contributed by atoms with Crippen molar-refractivity contribution in [2.75, 3.05) is 14.1 Å². The lowest BCUT2D eigenvalue weighted by Crippen LogP contribution is -2.55. The predicted octanol–water partition coefficient (Wildman–Crippen LogP) is 6.41. The average molecular weight is 441 g/mol. The standard InChI is InChI=1S/C30H36N2O/c1-28-12-10-24-17-23-6-7-25(32(2)3)18-29(23)13-14-30(24,33-29)27(28)9-8-26(28)21-5-4-20-11-15-31-19-22(20)16-21/h4-5,10-11,15-17,19,25-27H,6-9,12-14,18H2,1-3H3/t25?,26?,27-,28-,29-,30-/m1/s1. The number of pyridine rings is 1. The topological polar surface area (TPSA) is 25.4 Å². The molecular weight excluding hydrogens is 404 g/mol. The van der Waals surface area contributed by atoms with E-state index in [0.717, 1.165) is 0 Å². The lowest BCUT2D eigenvalue weighted by atomic mass is 9.58. The Morgan fingerprint density at radius 2 is 1.97 bits per heavy atom. The van der Waals surface area contributed by atoms with Gasteiger partial charge in [0.2, 0.25) is 0 Å². The van der Waals surface area contributed by atoms with Crippen LogP contribution in [0.25, 0.3) is 10.8 Å². The first-order valence-corrected chi connectivity index (χ1v) is 13.1. The van der Waals surface area contributed by atoms with Gasteiger partial charge in [0.25, 0.3) is 0 Å². The fourth-order valence-corrected chi connectivity index (χ4v) is 8.69. The van der Waals surface area contributed by atoms with Gasteiger partial charge in [-0.15, -0.1) is 0 Å². The maximum absolute atomic E-state index is 7.42. The highest BCUT2D eigenvalue weighted by Gasteiger charge is 2.66. The van der Waals surface area contributed by atoms with Crippen molar-refractivity contribution in [3.05, 3.63) is 65.5 Å². The molecule has 5 aliphatic rings. The van der Waals surface area contributed by atoms with Gasteiger partial charge in [-0.05, 0) is 117 Å². The van der Waals surface area contributed by atoms with Crippen LogP contribution in [0.1, 0.15) is 69.8 Å². The predicted molar refractivity (Wildman–Crippen MR) is 133 cm³/mol. The van der Waals surface area contributed by atoms with Gasteiger partial charge in [0.15, 0.2) is 0 Å². The molecule has 0 radical (unpaired) electrons. The second-order valence-corrected chi connectivity index (χ2v) is 12.0. The Morgan fingerprint density at radius 3 is 2.85 bits per heavy atom. The van der Waals surface area contributed by atoms with Crippen molar-refractivity contribution in [2.45, 2.75) is 81.5 Å². The Hall–Kier alpha value is -1.97. The Labute approximate surface area is 197 Å². The SMILES string of the molecule is CN(C)C1CCC2=CC3=CC[C@]4(C)C(c5ccc6ccncc6c5)CC[C@H]4[C@@]34CC[C@]2(C1)O4. The molecule has 2 unspecified atom stereocenters. The highest BCUT2D eigenvalue weighted by atomic mass is 16.5. The minimum atomic E-state index is -0.0577. The maximum Gasteiger partial charge on any atom is 0.0974 e. The van der Waals surface area contributed by atoms with Crippen LogP contribution in [0.2, 0.25) is 0 Å². The second kappa shape index (κ2) is 6.79. The number of rotatable bonds is 2. The van der Waals surface area contributed by atoms with E-state index in [2.05, 4.69) is 67.3 Å². The highest BCUT2D eigenvalue weighted by molar-refractivity contribution is 5.82. The van der Waals surface area contributed by atoms with Gasteiger partial charge in [-0.3, -0.25) is 4.98 Å². The molecule has 172 valence electrons. The van der Waals surface area contributed by atoms with E-state index >= 15 is 0 Å². The van der Waals surface area contributed by atoms with Crippen molar-refractivity contribution < 1.29 is 4.74 Å². The van der Waals surface area contributed by atoms with Crippen LogP contribution in [0.15, 0.2) is 60.0 Å². The number of nitrogens with zero attached hydrogens (tertiary/aromatic N) is 2. The smallest absolute Gasteiger partial charge is 0.0974 e. The number of hydrogen-bond donors (Lipinski definition) is 0. The largest absolute Gasteiger partial charge is 0.359 e. The van der Waals surface area contributed by atoms with Crippen LogP contribution in [-0.2, 0) is 4.74 Å². The van der Waals surface area contributed by atoms with E-state index in [4.69, 9.17) is 4.74 Å². The maximum atomic E-state index is 7.42. The molecule has 3 heterocycles. The van der Waals surface area contributed by atoms with Crippen molar-refractivity contribution >= 4 is 10.8 Å². The van der Waals surface area contributed by atoms with Gasteiger partial charge in [-0.25, -0.2) is 0 Å². The molecule has 2 aromatic rings. The molecule has 0 amide bonds. The molecule has 1 aromatic heterocycles. The summed E-state index contributed by atoms with van der Waals surface area (Å²) in [5, 5.41) is 2.56. The van der Waals surface area contributed by atoms with Gasteiger partial charge >= 0.3 is 0 Å². The Kier molecular flexibility index (Phi) is 4.20. The number of hydrogen-bond acceptors (Lipinski definition) is 3. The number of ether oxygens (including phenoxy) is 1. The summed E-state index contributed by atoms with van der Waals surface area (Å²) in [5.41, 5.74) is 4.82. The van der Waals surface area contributed by atoms with E-state index in [0.29, 0.717) is 17.9 Å². The molecule has 0 N–H and O–H groups in total. The molecule has 1 saturated heterocycles. The van der Waals surface area contributed by atoms with Crippen molar-refractivity contribution in [1.82, 2.24) is 9.88 Å². The quantitative estimate of drug-likeness (QED) is 0.540. The summed E-state index contributed by atoms with van der Waals surface area (Å²) in [6.07, 6.45) is 18.9. The van der Waals surface area contributed by atoms with Crippen molar-refractivity contribution in [2.24, 2.45) is 11.3 Å². The minimum absolute atomic E-state index is 0.00448. The fourth-order valence-electron chi connectivity index (χ4n) is 8.69. The summed E-state index contributed by atoms with van der Waals surface area (Å²) < 4.78 is 7.42. The molecule has 2 aliphatic heterocycles. The fraction of sp³-hybridized carbons (Fsp3) is 0.567. The molecule has 3 nitrogen and oxygen atoms in total. The van der Waals surface area contributed by atoms with E-state index in [1.165, 1.54) is 73.3 Å². The lowest BCUT2D eigenvalue weighted by Gasteiger charge is -2.54. The molecule has 2 bridgehead atoms. The van der Waals surface area contributed by atoms with Crippen LogP contribution < -0.4 is 0 Å². The van der Waals surface area contributed by atoms with Gasteiger partial charge < -0.3 is 9.64 Å². The monoisotopic (exact) mass is 440 g/mol. The number of aromatic nitrogens is 1. The first kappa shape index (κ1) is 20.4. The molecule has 2 saturated carbocycles. The van der Waals surface area contributed by atoms with E-state index in [1.807, 2.05) is 12.4 Å². The van der Waals surface area contributed by atoms with E-state index in [9.17, 15) is 0 Å². The molecule has 7 rings (SSSR count). The van der Waals surface area contributed by atoms with E-state index < -0.39 is 0 Å². The third-order valence-corrected chi connectivity index (χ3v) is 10.5. The summed E-state index contributed by atoms with van der Waals surface area (Å²) in [5.74, 6) is 1.20. The number of allylic oxidation sites excluding steroid dienone is 1. The summed E-state index contributed by atoms with van der Waals surface area (Å²) in [6, 6.07) is 9.86. The first-order chi connectivity index (χ1) is 15.9. The minimum Gasteiger partial charge on any atom is -0.359 e. The van der Waals surface area contributed by atoms with E-state index in [-0.39, 0.29) is 16.6 Å². The lowest BCUT2D eigenvalue weighted by molar-refractivity contribution is -0.139. The number of fused-ring (bicyclic) bond motifs is 2. The van der Waals surface area contributed by atoms with Gasteiger partial charge in [-0.1, -0.05) is 31.2 Å². The summed E-state index contributed by atoms with van der Waals surface area (Å²) in [6.45, 7) is 2.57. The summed E-state index contributed by atoms with van der Waals surface area (Å²) in [7, 11) is 4.49. The third kappa shape index (κ3) is 2.67. The molecule has 3 fully saturated rings. The molecule has 6 atom stereocenters.